The van der Waals surface area contributed by atoms with Crippen LogP contribution in [0.25, 0.3) is 0 Å². The maximum absolute atomic E-state index is 10.8. The molecule has 86 valence electrons. The van der Waals surface area contributed by atoms with Gasteiger partial charge >= 0.3 is 0 Å². The molecule has 0 atom stereocenters. The Hall–Kier alpha value is -1.28. The van der Waals surface area contributed by atoms with Gasteiger partial charge in [-0.05, 0) is 55.1 Å². The van der Waals surface area contributed by atoms with Crippen molar-refractivity contribution in [1.82, 2.24) is 0 Å². The van der Waals surface area contributed by atoms with Gasteiger partial charge < -0.3 is 4.74 Å². The molecule has 16 heavy (non-hydrogen) atoms. The molecule has 2 nitrogen and oxygen atoms in total. The van der Waals surface area contributed by atoms with Crippen LogP contribution in [0.2, 0.25) is 0 Å². The van der Waals surface area contributed by atoms with Crippen molar-refractivity contribution < 1.29 is 9.53 Å². The van der Waals surface area contributed by atoms with Crippen molar-refractivity contribution in [3.8, 4) is 5.75 Å². The molecular formula is C13H15ClO2. The van der Waals surface area contributed by atoms with Gasteiger partial charge in [-0.1, -0.05) is 6.08 Å². The van der Waals surface area contributed by atoms with Crippen LogP contribution >= 0.6 is 11.6 Å². The second-order valence-electron chi connectivity index (χ2n) is 3.43. The van der Waals surface area contributed by atoms with Crippen LogP contribution in [-0.2, 0) is 0 Å². The Morgan fingerprint density at radius 1 is 1.31 bits per heavy atom. The van der Waals surface area contributed by atoms with Gasteiger partial charge in [-0.3, -0.25) is 4.79 Å². The molecule has 0 radical (unpaired) electrons. The van der Waals surface area contributed by atoms with E-state index in [9.17, 15) is 4.79 Å². The summed E-state index contributed by atoms with van der Waals surface area (Å²) in [4.78, 5) is 10.8. The summed E-state index contributed by atoms with van der Waals surface area (Å²) in [5, 5.41) is -0.447. The van der Waals surface area contributed by atoms with Gasteiger partial charge in [-0.15, -0.1) is 6.58 Å². The zero-order valence-electron chi connectivity index (χ0n) is 9.12. The normalized spacial score (nSPS) is 9.81. The summed E-state index contributed by atoms with van der Waals surface area (Å²) in [6, 6.07) is 6.83. The predicted molar refractivity (Wildman–Crippen MR) is 66.2 cm³/mol. The Balaban J connectivity index is 2.32. The van der Waals surface area contributed by atoms with E-state index in [1.807, 2.05) is 6.08 Å². The van der Waals surface area contributed by atoms with Crippen LogP contribution in [0.15, 0.2) is 36.9 Å². The molecule has 0 aliphatic carbocycles. The lowest BCUT2D eigenvalue weighted by atomic mass is 10.2. The number of halogens is 1. The molecule has 0 saturated carbocycles. The molecule has 0 unspecified atom stereocenters. The highest BCUT2D eigenvalue weighted by Crippen LogP contribution is 2.14. The minimum absolute atomic E-state index is 0.447. The number of carbonyl (C=O) groups excluding carboxylic acids is 1. The number of unbranched alkanes of at least 4 members (excludes halogenated alkanes) is 2. The average Bonchev–Trinajstić information content (AvgIpc) is 2.29. The monoisotopic (exact) mass is 238 g/mol. The molecular weight excluding hydrogens is 224 g/mol. The van der Waals surface area contributed by atoms with Gasteiger partial charge in [0.15, 0.2) is 0 Å². The molecule has 0 saturated heterocycles. The number of ether oxygens (including phenoxy) is 1. The summed E-state index contributed by atoms with van der Waals surface area (Å²) in [6.45, 7) is 4.34. The van der Waals surface area contributed by atoms with Crippen molar-refractivity contribution in [2.75, 3.05) is 6.61 Å². The fourth-order valence-electron chi connectivity index (χ4n) is 1.26. The predicted octanol–water partition coefficient (Wildman–Crippen LogP) is 3.80. The van der Waals surface area contributed by atoms with Gasteiger partial charge in [0.2, 0.25) is 0 Å². The number of hydrogen-bond donors (Lipinski definition) is 0. The molecule has 0 amide bonds. The molecule has 1 aromatic rings. The smallest absolute Gasteiger partial charge is 0.252 e. The number of rotatable bonds is 7. The van der Waals surface area contributed by atoms with Gasteiger partial charge in [0.25, 0.3) is 5.24 Å². The van der Waals surface area contributed by atoms with Gasteiger partial charge in [0.05, 0.1) is 6.61 Å². The molecule has 0 spiro atoms. The summed E-state index contributed by atoms with van der Waals surface area (Å²) < 4.78 is 5.50. The first-order valence-electron chi connectivity index (χ1n) is 5.27. The SMILES string of the molecule is C=CCCCCOc1ccc(C(=O)Cl)cc1. The summed E-state index contributed by atoms with van der Waals surface area (Å²) in [6.07, 6.45) is 5.01. The Morgan fingerprint density at radius 3 is 2.56 bits per heavy atom. The average molecular weight is 239 g/mol. The number of allylic oxidation sites excluding steroid dienone is 1. The van der Waals surface area contributed by atoms with E-state index in [2.05, 4.69) is 6.58 Å². The highest BCUT2D eigenvalue weighted by Gasteiger charge is 2.00. The van der Waals surface area contributed by atoms with E-state index in [0.717, 1.165) is 25.0 Å². The van der Waals surface area contributed by atoms with Gasteiger partial charge in [0.1, 0.15) is 5.75 Å². The van der Waals surface area contributed by atoms with Crippen molar-refractivity contribution in [3.63, 3.8) is 0 Å². The molecule has 0 N–H and O–H groups in total. The summed E-state index contributed by atoms with van der Waals surface area (Å²) in [5.41, 5.74) is 0.487. The van der Waals surface area contributed by atoms with Crippen LogP contribution in [0.1, 0.15) is 29.6 Å². The minimum atomic E-state index is -0.447. The minimum Gasteiger partial charge on any atom is -0.494 e. The van der Waals surface area contributed by atoms with E-state index in [4.69, 9.17) is 16.3 Å². The van der Waals surface area contributed by atoms with E-state index in [1.54, 1.807) is 24.3 Å². The number of benzene rings is 1. The Bertz CT molecular complexity index is 343. The molecule has 3 heteroatoms. The zero-order chi connectivity index (χ0) is 11.8. The maximum Gasteiger partial charge on any atom is 0.252 e. The fraction of sp³-hybridized carbons (Fsp3) is 0.308. The Kier molecular flexibility index (Phi) is 5.65. The number of hydrogen-bond acceptors (Lipinski definition) is 2. The third-order valence-electron chi connectivity index (χ3n) is 2.15. The van der Waals surface area contributed by atoms with Crippen LogP contribution in [0.5, 0.6) is 5.75 Å². The van der Waals surface area contributed by atoms with Crippen LogP contribution in [-0.4, -0.2) is 11.8 Å². The van der Waals surface area contributed by atoms with Gasteiger partial charge in [-0.2, -0.15) is 0 Å². The highest BCUT2D eigenvalue weighted by molar-refractivity contribution is 6.67. The van der Waals surface area contributed by atoms with Gasteiger partial charge in [-0.25, -0.2) is 0 Å². The first-order chi connectivity index (χ1) is 7.74. The van der Waals surface area contributed by atoms with Crippen LogP contribution in [0.3, 0.4) is 0 Å². The van der Waals surface area contributed by atoms with Crippen LogP contribution < -0.4 is 4.74 Å². The third kappa shape index (κ3) is 4.49. The fourth-order valence-corrected chi connectivity index (χ4v) is 1.39. The first kappa shape index (κ1) is 12.8. The molecule has 0 bridgehead atoms. The topological polar surface area (TPSA) is 26.3 Å². The summed E-state index contributed by atoms with van der Waals surface area (Å²) in [5.74, 6) is 0.764. The molecule has 0 aliphatic rings. The lowest BCUT2D eigenvalue weighted by Gasteiger charge is -2.05. The van der Waals surface area contributed by atoms with Gasteiger partial charge in [0, 0.05) is 5.56 Å². The van der Waals surface area contributed by atoms with Crippen molar-refractivity contribution in [1.29, 1.82) is 0 Å². The quantitative estimate of drug-likeness (QED) is 0.410. The van der Waals surface area contributed by atoms with E-state index < -0.39 is 5.24 Å². The van der Waals surface area contributed by atoms with E-state index in [-0.39, 0.29) is 0 Å². The highest BCUT2D eigenvalue weighted by atomic mass is 35.5. The van der Waals surface area contributed by atoms with Crippen molar-refractivity contribution in [2.45, 2.75) is 19.3 Å². The molecule has 0 aliphatic heterocycles. The molecule has 0 aromatic heterocycles. The lowest BCUT2D eigenvalue weighted by Crippen LogP contribution is -1.97. The largest absolute Gasteiger partial charge is 0.494 e. The molecule has 0 heterocycles. The van der Waals surface area contributed by atoms with Crippen molar-refractivity contribution in [2.24, 2.45) is 0 Å². The molecule has 1 rings (SSSR count). The van der Waals surface area contributed by atoms with E-state index in [0.29, 0.717) is 12.2 Å². The second kappa shape index (κ2) is 7.07. The molecule has 1 aromatic carbocycles. The van der Waals surface area contributed by atoms with Crippen molar-refractivity contribution >= 4 is 16.8 Å². The van der Waals surface area contributed by atoms with E-state index >= 15 is 0 Å². The standard InChI is InChI=1S/C13H15ClO2/c1-2-3-4-5-10-16-12-8-6-11(7-9-12)13(14)15/h2,6-9H,1,3-5,10H2. The third-order valence-corrected chi connectivity index (χ3v) is 2.37. The maximum atomic E-state index is 10.8. The first-order valence-corrected chi connectivity index (χ1v) is 5.65. The number of carbonyl (C=O) groups is 1. The Labute approximate surface area is 101 Å². The Morgan fingerprint density at radius 2 is 2.00 bits per heavy atom. The lowest BCUT2D eigenvalue weighted by molar-refractivity contribution is 0.108. The van der Waals surface area contributed by atoms with Crippen molar-refractivity contribution in [3.05, 3.63) is 42.5 Å². The second-order valence-corrected chi connectivity index (χ2v) is 3.77. The van der Waals surface area contributed by atoms with Crippen LogP contribution in [0.4, 0.5) is 0 Å². The van der Waals surface area contributed by atoms with E-state index in [1.165, 1.54) is 0 Å². The molecule has 0 fully saturated rings. The summed E-state index contributed by atoms with van der Waals surface area (Å²) in [7, 11) is 0. The van der Waals surface area contributed by atoms with Crippen LogP contribution in [0, 0.1) is 0 Å². The summed E-state index contributed by atoms with van der Waals surface area (Å²) >= 11 is 5.33. The zero-order valence-corrected chi connectivity index (χ0v) is 9.87.